The molecule has 0 aliphatic heterocycles. The zero-order valence-corrected chi connectivity index (χ0v) is 6.11. The van der Waals surface area contributed by atoms with Gasteiger partial charge in [0.15, 0.2) is 0 Å². The van der Waals surface area contributed by atoms with Gasteiger partial charge in [0.05, 0.1) is 0 Å². The van der Waals surface area contributed by atoms with Crippen LogP contribution in [0.1, 0.15) is 11.4 Å². The van der Waals surface area contributed by atoms with Crippen LogP contribution in [0.3, 0.4) is 0 Å². The van der Waals surface area contributed by atoms with Crippen LogP contribution in [-0.4, -0.2) is 16.6 Å². The van der Waals surface area contributed by atoms with E-state index in [0.29, 0.717) is 5.69 Å². The first-order valence-electron chi connectivity index (χ1n) is 3.13. The highest BCUT2D eigenvalue weighted by atomic mass is 19.3. The van der Waals surface area contributed by atoms with Crippen LogP contribution in [0.15, 0.2) is 6.07 Å². The van der Waals surface area contributed by atoms with Crippen molar-refractivity contribution in [2.24, 2.45) is 0 Å². The van der Waals surface area contributed by atoms with Gasteiger partial charge < -0.3 is 0 Å². The normalized spacial score (nSPS) is 12.5. The van der Waals surface area contributed by atoms with Crippen LogP contribution in [0.4, 0.5) is 17.6 Å². The van der Waals surface area contributed by atoms with E-state index < -0.39 is 18.0 Å². The highest BCUT2D eigenvalue weighted by molar-refractivity contribution is 5.12. The molecule has 0 aliphatic carbocycles. The van der Waals surface area contributed by atoms with Gasteiger partial charge >= 0.3 is 12.3 Å². The van der Waals surface area contributed by atoms with Gasteiger partial charge in [-0.15, -0.1) is 0 Å². The number of aromatic amines is 1. The van der Waals surface area contributed by atoms with Crippen LogP contribution in [0, 0.1) is 6.92 Å². The average Bonchev–Trinajstić information content (AvgIpc) is 2.35. The maximum atomic E-state index is 12.5. The SMILES string of the molecule is Cc1cc(C(F)(F)C(F)F)n[nH]1. The Bertz CT molecular complexity index is 268. The third-order valence-corrected chi connectivity index (χ3v) is 1.32. The van der Waals surface area contributed by atoms with E-state index in [-0.39, 0.29) is 0 Å². The lowest BCUT2D eigenvalue weighted by molar-refractivity contribution is -0.138. The molecular formula is C6H6F4N2. The first-order chi connectivity index (χ1) is 5.44. The quantitative estimate of drug-likeness (QED) is 0.697. The number of hydrogen-bond acceptors (Lipinski definition) is 1. The number of rotatable bonds is 2. The van der Waals surface area contributed by atoms with Gasteiger partial charge in [0.25, 0.3) is 0 Å². The number of nitrogens with zero attached hydrogens (tertiary/aromatic N) is 1. The summed E-state index contributed by atoms with van der Waals surface area (Å²) in [6, 6.07) is 0.895. The lowest BCUT2D eigenvalue weighted by Crippen LogP contribution is -2.23. The van der Waals surface area contributed by atoms with Crippen LogP contribution >= 0.6 is 0 Å². The number of alkyl halides is 4. The molecule has 1 aromatic rings. The predicted molar refractivity (Wildman–Crippen MR) is 33.2 cm³/mol. The van der Waals surface area contributed by atoms with Crippen molar-refractivity contribution in [3.8, 4) is 0 Å². The Labute approximate surface area is 65.6 Å². The lowest BCUT2D eigenvalue weighted by atomic mass is 10.2. The topological polar surface area (TPSA) is 28.7 Å². The van der Waals surface area contributed by atoms with Gasteiger partial charge in [-0.3, -0.25) is 5.10 Å². The molecule has 0 spiro atoms. The van der Waals surface area contributed by atoms with Crippen LogP contribution in [0.2, 0.25) is 0 Å². The fraction of sp³-hybridized carbons (Fsp3) is 0.500. The summed E-state index contributed by atoms with van der Waals surface area (Å²) in [5.74, 6) is -4.16. The maximum Gasteiger partial charge on any atom is 0.350 e. The number of nitrogens with one attached hydrogen (secondary N) is 1. The Kier molecular flexibility index (Phi) is 2.08. The number of aryl methyl sites for hydroxylation is 1. The van der Waals surface area contributed by atoms with Gasteiger partial charge in [0, 0.05) is 5.69 Å². The summed E-state index contributed by atoms with van der Waals surface area (Å²) in [6.45, 7) is 1.46. The van der Waals surface area contributed by atoms with Crippen molar-refractivity contribution in [1.82, 2.24) is 10.2 Å². The van der Waals surface area contributed by atoms with Crippen LogP contribution < -0.4 is 0 Å². The highest BCUT2D eigenvalue weighted by Crippen LogP contribution is 2.33. The summed E-state index contributed by atoms with van der Waals surface area (Å²) in [5.41, 5.74) is -0.597. The summed E-state index contributed by atoms with van der Waals surface area (Å²) in [7, 11) is 0. The molecular weight excluding hydrogens is 176 g/mol. The molecule has 68 valence electrons. The van der Waals surface area contributed by atoms with Crippen molar-refractivity contribution >= 4 is 0 Å². The van der Waals surface area contributed by atoms with Gasteiger partial charge in [0.1, 0.15) is 5.69 Å². The fourth-order valence-electron chi connectivity index (χ4n) is 0.701. The second-order valence-corrected chi connectivity index (χ2v) is 2.36. The molecule has 0 aromatic carbocycles. The molecule has 0 unspecified atom stereocenters. The van der Waals surface area contributed by atoms with E-state index in [1.807, 2.05) is 0 Å². The molecule has 0 aliphatic rings. The van der Waals surface area contributed by atoms with Gasteiger partial charge in [-0.1, -0.05) is 0 Å². The Hall–Kier alpha value is -1.07. The van der Waals surface area contributed by atoms with Crippen molar-refractivity contribution < 1.29 is 17.6 Å². The minimum absolute atomic E-state index is 0.324. The first kappa shape index (κ1) is 9.02. The van der Waals surface area contributed by atoms with Crippen LogP contribution in [-0.2, 0) is 5.92 Å². The van der Waals surface area contributed by atoms with E-state index in [4.69, 9.17) is 0 Å². The molecule has 12 heavy (non-hydrogen) atoms. The molecule has 1 N–H and O–H groups in total. The van der Waals surface area contributed by atoms with Crippen LogP contribution in [0.5, 0.6) is 0 Å². The summed E-state index contributed by atoms with van der Waals surface area (Å²) in [5, 5.41) is 5.22. The number of halogens is 4. The first-order valence-corrected chi connectivity index (χ1v) is 3.13. The average molecular weight is 182 g/mol. The molecule has 0 fully saturated rings. The van der Waals surface area contributed by atoms with Gasteiger partial charge in [-0.25, -0.2) is 8.78 Å². The zero-order chi connectivity index (χ0) is 9.35. The van der Waals surface area contributed by atoms with Crippen molar-refractivity contribution in [2.75, 3.05) is 0 Å². The fourth-order valence-corrected chi connectivity index (χ4v) is 0.701. The van der Waals surface area contributed by atoms with Crippen molar-refractivity contribution in [3.63, 3.8) is 0 Å². The molecule has 1 aromatic heterocycles. The Morgan fingerprint density at radius 3 is 2.42 bits per heavy atom. The second kappa shape index (κ2) is 2.76. The maximum absolute atomic E-state index is 12.5. The largest absolute Gasteiger partial charge is 0.350 e. The van der Waals surface area contributed by atoms with Gasteiger partial charge in [0.2, 0.25) is 0 Å². The molecule has 0 amide bonds. The molecule has 6 heteroatoms. The third kappa shape index (κ3) is 1.41. The lowest BCUT2D eigenvalue weighted by Gasteiger charge is -2.10. The summed E-state index contributed by atoms with van der Waals surface area (Å²) < 4.78 is 48.3. The van der Waals surface area contributed by atoms with Gasteiger partial charge in [-0.05, 0) is 13.0 Å². The van der Waals surface area contributed by atoms with E-state index in [2.05, 4.69) is 10.2 Å². The van der Waals surface area contributed by atoms with E-state index in [0.717, 1.165) is 6.07 Å². The smallest absolute Gasteiger partial charge is 0.282 e. The highest BCUT2D eigenvalue weighted by Gasteiger charge is 2.44. The summed E-state index contributed by atoms with van der Waals surface area (Å²) >= 11 is 0. The predicted octanol–water partition coefficient (Wildman–Crippen LogP) is 2.08. The molecule has 0 radical (unpaired) electrons. The Morgan fingerprint density at radius 1 is 1.50 bits per heavy atom. The number of aromatic nitrogens is 2. The number of hydrogen-bond donors (Lipinski definition) is 1. The Morgan fingerprint density at radius 2 is 2.08 bits per heavy atom. The van der Waals surface area contributed by atoms with Crippen LogP contribution in [0.25, 0.3) is 0 Å². The number of H-pyrrole nitrogens is 1. The summed E-state index contributed by atoms with van der Waals surface area (Å²) in [4.78, 5) is 0. The third-order valence-electron chi connectivity index (χ3n) is 1.32. The van der Waals surface area contributed by atoms with Crippen molar-refractivity contribution in [3.05, 3.63) is 17.5 Å². The van der Waals surface area contributed by atoms with E-state index in [1.165, 1.54) is 6.92 Å². The molecule has 0 bridgehead atoms. The van der Waals surface area contributed by atoms with Crippen molar-refractivity contribution in [1.29, 1.82) is 0 Å². The summed E-state index contributed by atoms with van der Waals surface area (Å²) in [6.07, 6.45) is -3.72. The molecule has 1 rings (SSSR count). The minimum atomic E-state index is -4.16. The molecule has 0 atom stereocenters. The van der Waals surface area contributed by atoms with E-state index >= 15 is 0 Å². The minimum Gasteiger partial charge on any atom is -0.282 e. The Balaban J connectivity index is 2.97. The molecule has 0 saturated carbocycles. The second-order valence-electron chi connectivity index (χ2n) is 2.36. The van der Waals surface area contributed by atoms with Gasteiger partial charge in [-0.2, -0.15) is 13.9 Å². The molecule has 1 heterocycles. The van der Waals surface area contributed by atoms with E-state index in [9.17, 15) is 17.6 Å². The van der Waals surface area contributed by atoms with Crippen molar-refractivity contribution in [2.45, 2.75) is 19.3 Å². The monoisotopic (exact) mass is 182 g/mol. The standard InChI is InChI=1S/C6H6F4N2/c1-3-2-4(12-11-3)6(9,10)5(7)8/h2,5H,1H3,(H,11,12). The van der Waals surface area contributed by atoms with E-state index in [1.54, 1.807) is 0 Å². The zero-order valence-electron chi connectivity index (χ0n) is 6.11. The molecule has 0 saturated heterocycles. The molecule has 2 nitrogen and oxygen atoms in total.